The lowest BCUT2D eigenvalue weighted by atomic mass is 9.99. The first-order valence-corrected chi connectivity index (χ1v) is 12.3. The van der Waals surface area contributed by atoms with Gasteiger partial charge in [-0.2, -0.15) is 0 Å². The minimum atomic E-state index is -3.70. The van der Waals surface area contributed by atoms with Gasteiger partial charge in [-0.05, 0) is 55.2 Å². The maximum Gasteiger partial charge on any atom is 0.261 e. The van der Waals surface area contributed by atoms with E-state index in [0.29, 0.717) is 18.3 Å². The molecule has 1 saturated carbocycles. The van der Waals surface area contributed by atoms with Crippen LogP contribution >= 0.6 is 0 Å². The molecule has 3 aromatic rings. The quantitative estimate of drug-likeness (QED) is 0.523. The molecule has 1 aliphatic carbocycles. The Balaban J connectivity index is 1.42. The molecule has 1 aliphatic rings. The van der Waals surface area contributed by atoms with Crippen LogP contribution in [0.5, 0.6) is 0 Å². The molecule has 0 radical (unpaired) electrons. The molecular formula is C23H29N5O2S. The molecule has 0 aliphatic heterocycles. The van der Waals surface area contributed by atoms with Gasteiger partial charge in [0.2, 0.25) is 0 Å². The van der Waals surface area contributed by atoms with Gasteiger partial charge in [0, 0.05) is 12.6 Å². The molecule has 8 heteroatoms. The average Bonchev–Trinajstić information content (AvgIpc) is 3.47. The summed E-state index contributed by atoms with van der Waals surface area (Å²) < 4.78 is 30.2. The molecular weight excluding hydrogens is 410 g/mol. The third-order valence-electron chi connectivity index (χ3n) is 5.90. The van der Waals surface area contributed by atoms with Gasteiger partial charge in [0.05, 0.1) is 28.7 Å². The first kappa shape index (κ1) is 21.5. The lowest BCUT2D eigenvalue weighted by molar-refractivity contribution is 0.404. The standard InChI is InChI=1S/C23H29N5O2S/c1-18(16-19-6-2-3-7-19)24-17-20-8-4-5-9-23(20)26-31(29,30)22-12-10-21(11-13-22)28-15-14-25-27-28/h4-5,8-15,18-19,24,26H,2-3,6-7,16-17H2,1H3. The highest BCUT2D eigenvalue weighted by atomic mass is 32.2. The Kier molecular flexibility index (Phi) is 6.67. The Morgan fingerprint density at radius 3 is 2.55 bits per heavy atom. The Morgan fingerprint density at radius 2 is 1.84 bits per heavy atom. The van der Waals surface area contributed by atoms with E-state index in [9.17, 15) is 8.42 Å². The summed E-state index contributed by atoms with van der Waals surface area (Å²) in [5.74, 6) is 0.816. The van der Waals surface area contributed by atoms with E-state index >= 15 is 0 Å². The largest absolute Gasteiger partial charge is 0.310 e. The highest BCUT2D eigenvalue weighted by molar-refractivity contribution is 7.92. The molecule has 1 aromatic heterocycles. The molecule has 0 spiro atoms. The summed E-state index contributed by atoms with van der Waals surface area (Å²) in [7, 11) is -3.70. The fourth-order valence-corrected chi connectivity index (χ4v) is 5.32. The third-order valence-corrected chi connectivity index (χ3v) is 7.28. The van der Waals surface area contributed by atoms with E-state index in [2.05, 4.69) is 27.3 Å². The SMILES string of the molecule is CC(CC1CCCC1)NCc1ccccc1NS(=O)(=O)c1ccc(-n2ccnn2)cc1. The average molecular weight is 440 g/mol. The molecule has 4 rings (SSSR count). The topological polar surface area (TPSA) is 88.9 Å². The number of nitrogens with one attached hydrogen (secondary N) is 2. The molecule has 31 heavy (non-hydrogen) atoms. The number of aromatic nitrogens is 3. The number of hydrogen-bond acceptors (Lipinski definition) is 5. The smallest absolute Gasteiger partial charge is 0.261 e. The third kappa shape index (κ3) is 5.51. The molecule has 2 N–H and O–H groups in total. The summed E-state index contributed by atoms with van der Waals surface area (Å²) >= 11 is 0. The van der Waals surface area contributed by atoms with Crippen LogP contribution in [0.3, 0.4) is 0 Å². The molecule has 1 unspecified atom stereocenters. The highest BCUT2D eigenvalue weighted by Gasteiger charge is 2.19. The number of rotatable bonds is 9. The van der Waals surface area contributed by atoms with Gasteiger partial charge >= 0.3 is 0 Å². The summed E-state index contributed by atoms with van der Waals surface area (Å²) in [4.78, 5) is 0.203. The van der Waals surface area contributed by atoms with Crippen molar-refractivity contribution in [2.45, 2.75) is 56.5 Å². The van der Waals surface area contributed by atoms with Crippen molar-refractivity contribution in [3.8, 4) is 5.69 Å². The van der Waals surface area contributed by atoms with Gasteiger partial charge in [-0.25, -0.2) is 13.1 Å². The Hall–Kier alpha value is -2.71. The fraction of sp³-hybridized carbons (Fsp3) is 0.391. The van der Waals surface area contributed by atoms with Crippen LogP contribution < -0.4 is 10.0 Å². The zero-order valence-corrected chi connectivity index (χ0v) is 18.6. The van der Waals surface area contributed by atoms with Crippen LogP contribution in [0.2, 0.25) is 0 Å². The number of sulfonamides is 1. The van der Waals surface area contributed by atoms with Crippen molar-refractivity contribution >= 4 is 15.7 Å². The maximum absolute atomic E-state index is 13.0. The molecule has 1 atom stereocenters. The predicted octanol–water partition coefficient (Wildman–Crippen LogP) is 4.13. The van der Waals surface area contributed by atoms with Gasteiger partial charge in [0.15, 0.2) is 0 Å². The van der Waals surface area contributed by atoms with E-state index < -0.39 is 10.0 Å². The van der Waals surface area contributed by atoms with Gasteiger partial charge in [-0.15, -0.1) is 5.10 Å². The first-order chi connectivity index (χ1) is 15.0. The van der Waals surface area contributed by atoms with E-state index in [1.165, 1.54) is 32.1 Å². The van der Waals surface area contributed by atoms with Crippen molar-refractivity contribution in [1.29, 1.82) is 0 Å². The molecule has 164 valence electrons. The Bertz CT molecular complexity index is 1080. The summed E-state index contributed by atoms with van der Waals surface area (Å²) in [6, 6.07) is 14.5. The van der Waals surface area contributed by atoms with Crippen LogP contribution in [0.4, 0.5) is 5.69 Å². The summed E-state index contributed by atoms with van der Waals surface area (Å²) in [5.41, 5.74) is 2.28. The van der Waals surface area contributed by atoms with Gasteiger partial charge in [0.25, 0.3) is 10.0 Å². The second kappa shape index (κ2) is 9.62. The number of para-hydroxylation sites is 1. The van der Waals surface area contributed by atoms with E-state index in [1.54, 1.807) is 47.4 Å². The van der Waals surface area contributed by atoms with E-state index in [1.807, 2.05) is 18.2 Å². The molecule has 7 nitrogen and oxygen atoms in total. The summed E-state index contributed by atoms with van der Waals surface area (Å²) in [6.07, 6.45) is 9.82. The zero-order chi connectivity index (χ0) is 21.7. The number of nitrogens with zero attached hydrogens (tertiary/aromatic N) is 3. The van der Waals surface area contributed by atoms with Crippen molar-refractivity contribution in [1.82, 2.24) is 20.3 Å². The first-order valence-electron chi connectivity index (χ1n) is 10.8. The highest BCUT2D eigenvalue weighted by Crippen LogP contribution is 2.28. The minimum Gasteiger partial charge on any atom is -0.310 e. The van der Waals surface area contributed by atoms with Crippen LogP contribution in [0.25, 0.3) is 5.69 Å². The second-order valence-corrected chi connectivity index (χ2v) is 9.95. The molecule has 2 aromatic carbocycles. The Morgan fingerprint density at radius 1 is 1.10 bits per heavy atom. The molecule has 1 heterocycles. The van der Waals surface area contributed by atoms with Crippen LogP contribution in [0.1, 0.15) is 44.6 Å². The molecule has 0 bridgehead atoms. The number of benzene rings is 2. The molecule has 0 saturated heterocycles. The normalized spacial score (nSPS) is 15.8. The fourth-order valence-electron chi connectivity index (χ4n) is 4.22. The van der Waals surface area contributed by atoms with Crippen molar-refractivity contribution in [3.05, 3.63) is 66.5 Å². The monoisotopic (exact) mass is 439 g/mol. The van der Waals surface area contributed by atoms with Crippen LogP contribution in [0.15, 0.2) is 65.8 Å². The van der Waals surface area contributed by atoms with E-state index in [-0.39, 0.29) is 4.90 Å². The summed E-state index contributed by atoms with van der Waals surface area (Å²) in [5, 5.41) is 11.3. The minimum absolute atomic E-state index is 0.203. The Labute approximate surface area is 183 Å². The van der Waals surface area contributed by atoms with E-state index in [4.69, 9.17) is 0 Å². The molecule has 1 fully saturated rings. The van der Waals surface area contributed by atoms with Gasteiger partial charge in [0.1, 0.15) is 0 Å². The van der Waals surface area contributed by atoms with Crippen molar-refractivity contribution < 1.29 is 8.42 Å². The lowest BCUT2D eigenvalue weighted by Crippen LogP contribution is -2.28. The van der Waals surface area contributed by atoms with Gasteiger partial charge in [-0.1, -0.05) is 49.1 Å². The van der Waals surface area contributed by atoms with E-state index in [0.717, 1.165) is 17.2 Å². The van der Waals surface area contributed by atoms with Crippen LogP contribution in [-0.4, -0.2) is 29.5 Å². The summed E-state index contributed by atoms with van der Waals surface area (Å²) in [6.45, 7) is 2.83. The molecule has 0 amide bonds. The predicted molar refractivity (Wildman–Crippen MR) is 121 cm³/mol. The number of hydrogen-bond donors (Lipinski definition) is 2. The van der Waals surface area contributed by atoms with Gasteiger partial charge < -0.3 is 5.32 Å². The van der Waals surface area contributed by atoms with Crippen molar-refractivity contribution in [3.63, 3.8) is 0 Å². The maximum atomic E-state index is 13.0. The lowest BCUT2D eigenvalue weighted by Gasteiger charge is -2.19. The van der Waals surface area contributed by atoms with Crippen molar-refractivity contribution in [2.24, 2.45) is 5.92 Å². The zero-order valence-electron chi connectivity index (χ0n) is 17.7. The van der Waals surface area contributed by atoms with Crippen LogP contribution in [0, 0.1) is 5.92 Å². The second-order valence-electron chi connectivity index (χ2n) is 8.27. The van der Waals surface area contributed by atoms with Crippen LogP contribution in [-0.2, 0) is 16.6 Å². The van der Waals surface area contributed by atoms with Crippen molar-refractivity contribution in [2.75, 3.05) is 4.72 Å². The van der Waals surface area contributed by atoms with Gasteiger partial charge in [-0.3, -0.25) is 4.72 Å². The number of anilines is 1.